The molecule has 0 aliphatic heterocycles. The highest BCUT2D eigenvalue weighted by atomic mass is 35.5. The number of aromatic nitrogens is 4. The van der Waals surface area contributed by atoms with E-state index < -0.39 is 10.0 Å². The second kappa shape index (κ2) is 9.52. The summed E-state index contributed by atoms with van der Waals surface area (Å²) in [5.41, 5.74) is 2.28. The summed E-state index contributed by atoms with van der Waals surface area (Å²) >= 11 is 6.02. The summed E-state index contributed by atoms with van der Waals surface area (Å²) in [6, 6.07) is 15.7. The predicted octanol–water partition coefficient (Wildman–Crippen LogP) is 5.29. The zero-order chi connectivity index (χ0) is 23.5. The van der Waals surface area contributed by atoms with E-state index in [0.29, 0.717) is 17.7 Å². The molecule has 1 aliphatic carbocycles. The molecule has 0 radical (unpaired) electrons. The van der Waals surface area contributed by atoms with Crippen LogP contribution >= 0.6 is 11.6 Å². The number of nitrogens with one attached hydrogen (secondary N) is 2. The van der Waals surface area contributed by atoms with Crippen molar-refractivity contribution in [2.45, 2.75) is 43.0 Å². The first-order chi connectivity index (χ1) is 16.5. The smallest absolute Gasteiger partial charge is 0.264 e. The van der Waals surface area contributed by atoms with E-state index in [1.165, 1.54) is 31.4 Å². The van der Waals surface area contributed by atoms with Gasteiger partial charge >= 0.3 is 0 Å². The molecule has 34 heavy (non-hydrogen) atoms. The van der Waals surface area contributed by atoms with E-state index in [-0.39, 0.29) is 15.7 Å². The average molecular weight is 495 g/mol. The van der Waals surface area contributed by atoms with Gasteiger partial charge in [0, 0.05) is 23.2 Å². The molecule has 0 spiro atoms. The minimum atomic E-state index is -3.87. The van der Waals surface area contributed by atoms with Gasteiger partial charge < -0.3 is 5.32 Å². The standard InChI is InChI=1S/C24H23ClN6O2S/c25-19-8-4-5-9-22(19)34(32,33)31-23-13-12-21(29-30-23)16-10-11-20-17(14-16)15-26-24(28-20)27-18-6-2-1-3-7-18/h4-5,8-15,18H,1-3,6-7H2,(H,30,31)(H,26,27,28). The molecule has 0 bridgehead atoms. The zero-order valence-corrected chi connectivity index (χ0v) is 19.9. The molecule has 0 unspecified atom stereocenters. The third-order valence-corrected chi connectivity index (χ3v) is 7.70. The van der Waals surface area contributed by atoms with Crippen LogP contribution in [0.15, 0.2) is 65.7 Å². The zero-order valence-electron chi connectivity index (χ0n) is 18.3. The number of anilines is 2. The van der Waals surface area contributed by atoms with Crippen LogP contribution in [0.4, 0.5) is 11.8 Å². The number of sulfonamides is 1. The van der Waals surface area contributed by atoms with Crippen molar-refractivity contribution in [3.63, 3.8) is 0 Å². The minimum Gasteiger partial charge on any atom is -0.351 e. The summed E-state index contributed by atoms with van der Waals surface area (Å²) in [5.74, 6) is 0.758. The van der Waals surface area contributed by atoms with E-state index in [0.717, 1.165) is 29.3 Å². The third-order valence-electron chi connectivity index (χ3n) is 5.84. The molecule has 2 aromatic heterocycles. The van der Waals surface area contributed by atoms with Crippen LogP contribution in [-0.4, -0.2) is 34.6 Å². The Morgan fingerprint density at radius 2 is 1.76 bits per heavy atom. The van der Waals surface area contributed by atoms with Crippen molar-refractivity contribution < 1.29 is 8.42 Å². The lowest BCUT2D eigenvalue weighted by atomic mass is 9.96. The van der Waals surface area contributed by atoms with Crippen LogP contribution in [0.5, 0.6) is 0 Å². The molecule has 2 heterocycles. The Labute approximate surface area is 202 Å². The molecule has 0 amide bonds. The van der Waals surface area contributed by atoms with Crippen molar-refractivity contribution in [3.05, 3.63) is 65.8 Å². The lowest BCUT2D eigenvalue weighted by Gasteiger charge is -2.22. The Morgan fingerprint density at radius 3 is 2.53 bits per heavy atom. The van der Waals surface area contributed by atoms with Crippen molar-refractivity contribution in [1.29, 1.82) is 0 Å². The molecular formula is C24H23ClN6O2S. The fourth-order valence-electron chi connectivity index (χ4n) is 4.09. The molecule has 0 atom stereocenters. The highest BCUT2D eigenvalue weighted by molar-refractivity contribution is 7.92. The highest BCUT2D eigenvalue weighted by Gasteiger charge is 2.18. The summed E-state index contributed by atoms with van der Waals surface area (Å²) in [4.78, 5) is 9.11. The Balaban J connectivity index is 1.32. The Hall–Kier alpha value is -3.30. The summed E-state index contributed by atoms with van der Waals surface area (Å²) in [6.07, 6.45) is 7.91. The lowest BCUT2D eigenvalue weighted by Crippen LogP contribution is -2.23. The maximum Gasteiger partial charge on any atom is 0.264 e. The van der Waals surface area contributed by atoms with Crippen LogP contribution < -0.4 is 10.0 Å². The first-order valence-corrected chi connectivity index (χ1v) is 13.0. The predicted molar refractivity (Wildman–Crippen MR) is 133 cm³/mol. The second-order valence-electron chi connectivity index (χ2n) is 8.29. The number of nitrogens with zero attached hydrogens (tertiary/aromatic N) is 4. The molecule has 1 fully saturated rings. The molecule has 4 aromatic rings. The maximum absolute atomic E-state index is 12.6. The van der Waals surface area contributed by atoms with Gasteiger partial charge in [-0.05, 0) is 49.2 Å². The second-order valence-corrected chi connectivity index (χ2v) is 10.3. The quantitative estimate of drug-likeness (QED) is 0.375. The van der Waals surface area contributed by atoms with Crippen molar-refractivity contribution in [2.24, 2.45) is 0 Å². The number of hydrogen-bond donors (Lipinski definition) is 2. The summed E-state index contributed by atoms with van der Waals surface area (Å²) < 4.78 is 27.6. The van der Waals surface area contributed by atoms with Gasteiger partial charge in [0.2, 0.25) is 5.95 Å². The summed E-state index contributed by atoms with van der Waals surface area (Å²) in [6.45, 7) is 0. The molecule has 2 aromatic carbocycles. The molecule has 1 saturated carbocycles. The number of rotatable bonds is 6. The van der Waals surface area contributed by atoms with Crippen LogP contribution in [-0.2, 0) is 10.0 Å². The first kappa shape index (κ1) is 22.5. The van der Waals surface area contributed by atoms with Crippen molar-refractivity contribution in [2.75, 3.05) is 10.0 Å². The largest absolute Gasteiger partial charge is 0.351 e. The maximum atomic E-state index is 12.6. The van der Waals surface area contributed by atoms with Gasteiger partial charge in [-0.25, -0.2) is 18.4 Å². The molecule has 2 N–H and O–H groups in total. The van der Waals surface area contributed by atoms with Gasteiger partial charge in [-0.15, -0.1) is 10.2 Å². The summed E-state index contributed by atoms with van der Waals surface area (Å²) in [7, 11) is -3.87. The van der Waals surface area contributed by atoms with Crippen molar-refractivity contribution in [3.8, 4) is 11.3 Å². The summed E-state index contributed by atoms with van der Waals surface area (Å²) in [5, 5.41) is 12.7. The normalized spacial score (nSPS) is 14.7. The molecule has 10 heteroatoms. The van der Waals surface area contributed by atoms with Crippen LogP contribution in [0.25, 0.3) is 22.2 Å². The molecule has 8 nitrogen and oxygen atoms in total. The molecule has 5 rings (SSSR count). The molecule has 0 saturated heterocycles. The van der Waals surface area contributed by atoms with E-state index in [4.69, 9.17) is 11.6 Å². The molecule has 174 valence electrons. The fraction of sp³-hybridized carbons (Fsp3) is 0.250. The van der Waals surface area contributed by atoms with Crippen molar-refractivity contribution >= 4 is 44.3 Å². The van der Waals surface area contributed by atoms with Gasteiger partial charge in [0.05, 0.1) is 16.2 Å². The minimum absolute atomic E-state index is 0.0191. The Morgan fingerprint density at radius 1 is 0.941 bits per heavy atom. The van der Waals surface area contributed by atoms with E-state index in [2.05, 4.69) is 30.2 Å². The van der Waals surface area contributed by atoms with E-state index in [9.17, 15) is 8.42 Å². The average Bonchev–Trinajstić information content (AvgIpc) is 2.85. The van der Waals surface area contributed by atoms with E-state index in [1.54, 1.807) is 30.5 Å². The van der Waals surface area contributed by atoms with Gasteiger partial charge in [0.25, 0.3) is 10.0 Å². The van der Waals surface area contributed by atoms with Crippen LogP contribution in [0.3, 0.4) is 0 Å². The number of hydrogen-bond acceptors (Lipinski definition) is 7. The monoisotopic (exact) mass is 494 g/mol. The van der Waals surface area contributed by atoms with Gasteiger partial charge in [0.1, 0.15) is 4.90 Å². The topological polar surface area (TPSA) is 110 Å². The number of halogens is 1. The van der Waals surface area contributed by atoms with Crippen LogP contribution in [0.1, 0.15) is 32.1 Å². The van der Waals surface area contributed by atoms with Gasteiger partial charge in [0.15, 0.2) is 5.82 Å². The fourth-order valence-corrected chi connectivity index (χ4v) is 5.60. The Bertz CT molecular complexity index is 1420. The molecule has 1 aliphatic rings. The lowest BCUT2D eigenvalue weighted by molar-refractivity contribution is 0.461. The van der Waals surface area contributed by atoms with Crippen LogP contribution in [0.2, 0.25) is 5.02 Å². The van der Waals surface area contributed by atoms with Gasteiger partial charge in [-0.3, -0.25) is 4.72 Å². The molecular weight excluding hydrogens is 472 g/mol. The number of benzene rings is 2. The van der Waals surface area contributed by atoms with Crippen LogP contribution in [0, 0.1) is 0 Å². The SMILES string of the molecule is O=S(=O)(Nc1ccc(-c2ccc3nc(NC4CCCCC4)ncc3c2)nn1)c1ccccc1Cl. The third kappa shape index (κ3) is 4.95. The number of fused-ring (bicyclic) bond motifs is 1. The van der Waals surface area contributed by atoms with Gasteiger partial charge in [-0.2, -0.15) is 0 Å². The van der Waals surface area contributed by atoms with Crippen molar-refractivity contribution in [1.82, 2.24) is 20.2 Å². The highest BCUT2D eigenvalue weighted by Crippen LogP contribution is 2.26. The van der Waals surface area contributed by atoms with Gasteiger partial charge in [-0.1, -0.05) is 49.1 Å². The Kier molecular flexibility index (Phi) is 6.30. The van der Waals surface area contributed by atoms with E-state index in [1.807, 2.05) is 18.2 Å². The first-order valence-electron chi connectivity index (χ1n) is 11.1. The van der Waals surface area contributed by atoms with E-state index >= 15 is 0 Å².